The molecule has 1 rings (SSSR count). The molecule has 0 aliphatic rings. The Balaban J connectivity index is 2.62. The van der Waals surface area contributed by atoms with Crippen molar-refractivity contribution in [1.82, 2.24) is 4.90 Å². The number of aliphatic hydroxyl groups is 1. The third-order valence-corrected chi connectivity index (χ3v) is 3.10. The fraction of sp³-hybridized carbons (Fsp3) is 0.500. The minimum Gasteiger partial charge on any atom is -0.396 e. The second-order valence-electron chi connectivity index (χ2n) is 4.61. The monoisotopic (exact) mass is 284 g/mol. The van der Waals surface area contributed by atoms with Gasteiger partial charge in [0.15, 0.2) is 0 Å². The zero-order chi connectivity index (χ0) is 14.3. The van der Waals surface area contributed by atoms with E-state index in [2.05, 4.69) is 5.32 Å². The molecule has 0 atom stereocenters. The topological polar surface area (TPSA) is 52.6 Å². The van der Waals surface area contributed by atoms with E-state index in [9.17, 15) is 4.79 Å². The Morgan fingerprint density at radius 2 is 2.05 bits per heavy atom. The molecule has 5 heteroatoms. The average molecular weight is 285 g/mol. The number of carbonyl (C=O) groups excluding carboxylic acids is 1. The fourth-order valence-corrected chi connectivity index (χ4v) is 1.87. The Bertz CT molecular complexity index is 422. The molecule has 1 aromatic carbocycles. The van der Waals surface area contributed by atoms with E-state index >= 15 is 0 Å². The first-order valence-corrected chi connectivity index (χ1v) is 6.80. The van der Waals surface area contributed by atoms with E-state index < -0.39 is 0 Å². The maximum atomic E-state index is 11.9. The van der Waals surface area contributed by atoms with Crippen LogP contribution in [-0.2, 0) is 0 Å². The molecule has 0 heterocycles. The highest BCUT2D eigenvalue weighted by Gasteiger charge is 2.10. The predicted octanol–water partition coefficient (Wildman–Crippen LogP) is 2.62. The van der Waals surface area contributed by atoms with Gasteiger partial charge in [0.05, 0.1) is 10.7 Å². The Hall–Kier alpha value is -1.26. The number of aliphatic hydroxyl groups excluding tert-OH is 1. The Kier molecular flexibility index (Phi) is 6.67. The van der Waals surface area contributed by atoms with Crippen molar-refractivity contribution < 1.29 is 9.90 Å². The largest absolute Gasteiger partial charge is 0.396 e. The molecule has 19 heavy (non-hydrogen) atoms. The first kappa shape index (κ1) is 15.8. The van der Waals surface area contributed by atoms with Gasteiger partial charge in [0, 0.05) is 32.8 Å². The SMILES string of the molecule is CN(C)C(=O)c1ccc(Cl)c(NCCCCCO)c1. The number of hydrogen-bond acceptors (Lipinski definition) is 3. The van der Waals surface area contributed by atoms with Crippen LogP contribution in [0, 0.1) is 0 Å². The van der Waals surface area contributed by atoms with Crippen molar-refractivity contribution in [1.29, 1.82) is 0 Å². The van der Waals surface area contributed by atoms with E-state index in [4.69, 9.17) is 16.7 Å². The van der Waals surface area contributed by atoms with Gasteiger partial charge in [-0.2, -0.15) is 0 Å². The van der Waals surface area contributed by atoms with E-state index in [1.165, 1.54) is 4.90 Å². The molecule has 0 aliphatic heterocycles. The maximum Gasteiger partial charge on any atom is 0.253 e. The van der Waals surface area contributed by atoms with Crippen LogP contribution in [0.4, 0.5) is 5.69 Å². The van der Waals surface area contributed by atoms with Crippen molar-refractivity contribution in [3.8, 4) is 0 Å². The molecule has 0 unspecified atom stereocenters. The highest BCUT2D eigenvalue weighted by Crippen LogP contribution is 2.23. The number of unbranched alkanes of at least 4 members (excludes halogenated alkanes) is 2. The molecule has 0 saturated carbocycles. The van der Waals surface area contributed by atoms with Crippen molar-refractivity contribution >= 4 is 23.2 Å². The maximum absolute atomic E-state index is 11.9. The highest BCUT2D eigenvalue weighted by molar-refractivity contribution is 6.33. The summed E-state index contributed by atoms with van der Waals surface area (Å²) < 4.78 is 0. The van der Waals surface area contributed by atoms with Crippen LogP contribution in [0.2, 0.25) is 5.02 Å². The Morgan fingerprint density at radius 1 is 1.32 bits per heavy atom. The summed E-state index contributed by atoms with van der Waals surface area (Å²) in [5.41, 5.74) is 1.39. The molecule has 106 valence electrons. The second-order valence-corrected chi connectivity index (χ2v) is 5.01. The molecule has 2 N–H and O–H groups in total. The van der Waals surface area contributed by atoms with Crippen LogP contribution < -0.4 is 5.32 Å². The molecule has 0 radical (unpaired) electrons. The summed E-state index contributed by atoms with van der Waals surface area (Å²) in [4.78, 5) is 13.4. The van der Waals surface area contributed by atoms with Crippen LogP contribution in [-0.4, -0.2) is 43.2 Å². The number of hydrogen-bond donors (Lipinski definition) is 2. The Morgan fingerprint density at radius 3 is 2.68 bits per heavy atom. The smallest absolute Gasteiger partial charge is 0.253 e. The third-order valence-electron chi connectivity index (χ3n) is 2.77. The number of amides is 1. The Labute approximate surface area is 119 Å². The van der Waals surface area contributed by atoms with Crippen LogP contribution in [0.15, 0.2) is 18.2 Å². The predicted molar refractivity (Wildman–Crippen MR) is 78.9 cm³/mol. The number of carbonyl (C=O) groups is 1. The summed E-state index contributed by atoms with van der Waals surface area (Å²) >= 11 is 6.09. The molecule has 1 aromatic rings. The van der Waals surface area contributed by atoms with Gasteiger partial charge in [-0.25, -0.2) is 0 Å². The van der Waals surface area contributed by atoms with E-state index in [1.807, 2.05) is 0 Å². The van der Waals surface area contributed by atoms with Crippen LogP contribution in [0.5, 0.6) is 0 Å². The van der Waals surface area contributed by atoms with E-state index in [1.54, 1.807) is 32.3 Å². The first-order chi connectivity index (χ1) is 9.06. The summed E-state index contributed by atoms with van der Waals surface area (Å²) in [6, 6.07) is 5.23. The van der Waals surface area contributed by atoms with E-state index in [-0.39, 0.29) is 12.5 Å². The number of benzene rings is 1. The van der Waals surface area contributed by atoms with Crippen LogP contribution >= 0.6 is 11.6 Å². The number of nitrogens with zero attached hydrogens (tertiary/aromatic N) is 1. The van der Waals surface area contributed by atoms with Crippen molar-refractivity contribution in [2.24, 2.45) is 0 Å². The number of rotatable bonds is 7. The lowest BCUT2D eigenvalue weighted by molar-refractivity contribution is 0.0827. The van der Waals surface area contributed by atoms with Gasteiger partial charge < -0.3 is 15.3 Å². The van der Waals surface area contributed by atoms with E-state index in [0.717, 1.165) is 31.5 Å². The second kappa shape index (κ2) is 8.02. The highest BCUT2D eigenvalue weighted by atomic mass is 35.5. The molecular formula is C14H21ClN2O2. The van der Waals surface area contributed by atoms with Crippen LogP contribution in [0.25, 0.3) is 0 Å². The lowest BCUT2D eigenvalue weighted by atomic mass is 10.1. The molecule has 0 bridgehead atoms. The quantitative estimate of drug-likeness (QED) is 0.757. The van der Waals surface area contributed by atoms with Crippen molar-refractivity contribution in [2.75, 3.05) is 32.6 Å². The van der Waals surface area contributed by atoms with Gasteiger partial charge in [-0.3, -0.25) is 4.79 Å². The summed E-state index contributed by atoms with van der Waals surface area (Å²) in [7, 11) is 3.44. The number of nitrogens with one attached hydrogen (secondary N) is 1. The number of halogens is 1. The van der Waals surface area contributed by atoms with E-state index in [0.29, 0.717) is 10.6 Å². The molecule has 1 amide bonds. The van der Waals surface area contributed by atoms with Crippen LogP contribution in [0.1, 0.15) is 29.6 Å². The fourth-order valence-electron chi connectivity index (χ4n) is 1.69. The van der Waals surface area contributed by atoms with Gasteiger partial charge in [0.1, 0.15) is 0 Å². The minimum atomic E-state index is -0.0417. The molecule has 0 fully saturated rings. The van der Waals surface area contributed by atoms with Gasteiger partial charge >= 0.3 is 0 Å². The molecular weight excluding hydrogens is 264 g/mol. The molecule has 0 aromatic heterocycles. The van der Waals surface area contributed by atoms with Gasteiger partial charge in [-0.05, 0) is 37.5 Å². The summed E-state index contributed by atoms with van der Waals surface area (Å²) in [6.07, 6.45) is 2.74. The van der Waals surface area contributed by atoms with Crippen molar-refractivity contribution in [3.05, 3.63) is 28.8 Å². The molecule has 0 aliphatic carbocycles. The molecule has 0 spiro atoms. The van der Waals surface area contributed by atoms with Crippen molar-refractivity contribution in [3.63, 3.8) is 0 Å². The van der Waals surface area contributed by atoms with Gasteiger partial charge in [-0.1, -0.05) is 11.6 Å². The van der Waals surface area contributed by atoms with Gasteiger partial charge in [0.25, 0.3) is 5.91 Å². The number of anilines is 1. The minimum absolute atomic E-state index is 0.0417. The summed E-state index contributed by atoms with van der Waals surface area (Å²) in [5.74, 6) is -0.0417. The standard InChI is InChI=1S/C14H21ClN2O2/c1-17(2)14(19)11-6-7-12(15)13(10-11)16-8-4-3-5-9-18/h6-7,10,16,18H,3-5,8-9H2,1-2H3. The third kappa shape index (κ3) is 5.09. The van der Waals surface area contributed by atoms with Gasteiger partial charge in [-0.15, -0.1) is 0 Å². The zero-order valence-corrected chi connectivity index (χ0v) is 12.2. The normalized spacial score (nSPS) is 10.3. The van der Waals surface area contributed by atoms with Crippen LogP contribution in [0.3, 0.4) is 0 Å². The molecule has 0 saturated heterocycles. The van der Waals surface area contributed by atoms with Gasteiger partial charge in [0.2, 0.25) is 0 Å². The average Bonchev–Trinajstić information content (AvgIpc) is 2.39. The summed E-state index contributed by atoms with van der Waals surface area (Å²) in [6.45, 7) is 1.01. The van der Waals surface area contributed by atoms with Crippen molar-refractivity contribution in [2.45, 2.75) is 19.3 Å². The lowest BCUT2D eigenvalue weighted by Gasteiger charge is -2.13. The first-order valence-electron chi connectivity index (χ1n) is 6.42. The zero-order valence-electron chi connectivity index (χ0n) is 11.4. The summed E-state index contributed by atoms with van der Waals surface area (Å²) in [5, 5.41) is 12.5. The molecule has 4 nitrogen and oxygen atoms in total. The lowest BCUT2D eigenvalue weighted by Crippen LogP contribution is -2.21.